The largest absolute Gasteiger partial charge is 0.493 e. The molecule has 0 aliphatic carbocycles. The lowest BCUT2D eigenvalue weighted by atomic mass is 10.0. The Labute approximate surface area is 158 Å². The van der Waals surface area contributed by atoms with Crippen LogP contribution in [0, 0.1) is 0 Å². The number of carbonyl (C=O) groups excluding carboxylic acids is 1. The van der Waals surface area contributed by atoms with E-state index in [0.29, 0.717) is 11.5 Å². The van der Waals surface area contributed by atoms with E-state index >= 15 is 0 Å². The molecule has 0 aliphatic heterocycles. The number of rotatable bonds is 5. The highest BCUT2D eigenvalue weighted by atomic mass is 19.4. The van der Waals surface area contributed by atoms with Crippen molar-refractivity contribution in [2.75, 3.05) is 19.5 Å². The fourth-order valence-electron chi connectivity index (χ4n) is 2.68. The van der Waals surface area contributed by atoms with Gasteiger partial charge in [0.25, 0.3) is 5.91 Å². The van der Waals surface area contributed by atoms with Crippen LogP contribution in [-0.4, -0.2) is 30.3 Å². The third kappa shape index (κ3) is 3.78. The van der Waals surface area contributed by atoms with Crippen LogP contribution in [-0.2, 0) is 6.18 Å². The molecule has 0 atom stereocenters. The second-order valence-corrected chi connectivity index (χ2v) is 5.71. The Morgan fingerprint density at radius 2 is 1.71 bits per heavy atom. The smallest absolute Gasteiger partial charge is 0.433 e. The molecule has 146 valence electrons. The summed E-state index contributed by atoms with van der Waals surface area (Å²) in [6, 6.07) is 12.3. The maximum Gasteiger partial charge on any atom is 0.433 e. The van der Waals surface area contributed by atoms with Crippen molar-refractivity contribution in [2.45, 2.75) is 6.18 Å². The molecule has 3 rings (SSSR count). The van der Waals surface area contributed by atoms with Crippen LogP contribution >= 0.6 is 0 Å². The molecule has 0 bridgehead atoms. The highest BCUT2D eigenvalue weighted by Gasteiger charge is 2.38. The van der Waals surface area contributed by atoms with E-state index in [2.05, 4.69) is 10.4 Å². The third-order valence-corrected chi connectivity index (χ3v) is 3.99. The SMILES string of the molecule is COc1ccc(C(=O)Nc2n[nH]c(C(F)(F)F)c2-c2ccccc2)cc1OC. The number of aromatic nitrogens is 2. The number of aromatic amines is 1. The van der Waals surface area contributed by atoms with Crippen molar-refractivity contribution in [1.82, 2.24) is 10.2 Å². The number of anilines is 1. The van der Waals surface area contributed by atoms with E-state index in [9.17, 15) is 18.0 Å². The number of benzene rings is 2. The van der Waals surface area contributed by atoms with Gasteiger partial charge in [0.1, 0.15) is 5.69 Å². The van der Waals surface area contributed by atoms with E-state index in [1.54, 1.807) is 18.2 Å². The first kappa shape index (κ1) is 19.3. The molecule has 0 aliphatic rings. The summed E-state index contributed by atoms with van der Waals surface area (Å²) in [6.07, 6.45) is -4.66. The van der Waals surface area contributed by atoms with Gasteiger partial charge in [-0.25, -0.2) is 0 Å². The zero-order chi connectivity index (χ0) is 20.3. The molecule has 0 saturated carbocycles. The van der Waals surface area contributed by atoms with Crippen molar-refractivity contribution in [2.24, 2.45) is 0 Å². The normalized spacial score (nSPS) is 11.2. The van der Waals surface area contributed by atoms with Crippen LogP contribution in [0.25, 0.3) is 11.1 Å². The number of methoxy groups -OCH3 is 2. The number of hydrogen-bond donors (Lipinski definition) is 2. The van der Waals surface area contributed by atoms with Gasteiger partial charge in [0, 0.05) is 5.56 Å². The summed E-state index contributed by atoms with van der Waals surface area (Å²) in [5.74, 6) is -0.128. The zero-order valence-corrected chi connectivity index (χ0v) is 14.9. The lowest BCUT2D eigenvalue weighted by Gasteiger charge is -2.11. The summed E-state index contributed by atoms with van der Waals surface area (Å²) < 4.78 is 50.4. The number of ether oxygens (including phenoxy) is 2. The van der Waals surface area contributed by atoms with Gasteiger partial charge in [-0.05, 0) is 23.8 Å². The van der Waals surface area contributed by atoms with Crippen LogP contribution in [0.15, 0.2) is 48.5 Å². The van der Waals surface area contributed by atoms with Crippen LogP contribution in [0.4, 0.5) is 19.0 Å². The molecule has 0 fully saturated rings. The van der Waals surface area contributed by atoms with Gasteiger partial charge in [0.2, 0.25) is 0 Å². The van der Waals surface area contributed by atoms with Gasteiger partial charge in [-0.15, -0.1) is 0 Å². The Morgan fingerprint density at radius 3 is 2.32 bits per heavy atom. The molecule has 2 N–H and O–H groups in total. The maximum atomic E-state index is 13.4. The van der Waals surface area contributed by atoms with E-state index < -0.39 is 17.8 Å². The van der Waals surface area contributed by atoms with Crippen LogP contribution < -0.4 is 14.8 Å². The topological polar surface area (TPSA) is 76.2 Å². The summed E-state index contributed by atoms with van der Waals surface area (Å²) >= 11 is 0. The minimum atomic E-state index is -4.66. The van der Waals surface area contributed by atoms with Crippen LogP contribution in [0.3, 0.4) is 0 Å². The monoisotopic (exact) mass is 391 g/mol. The number of alkyl halides is 3. The molecule has 0 saturated heterocycles. The van der Waals surface area contributed by atoms with E-state index in [-0.39, 0.29) is 22.5 Å². The molecule has 0 unspecified atom stereocenters. The predicted molar refractivity (Wildman–Crippen MR) is 96.5 cm³/mol. The lowest BCUT2D eigenvalue weighted by molar-refractivity contribution is -0.140. The zero-order valence-electron chi connectivity index (χ0n) is 14.9. The van der Waals surface area contributed by atoms with Crippen LogP contribution in [0.1, 0.15) is 16.1 Å². The molecular formula is C19H16F3N3O3. The minimum absolute atomic E-state index is 0.174. The minimum Gasteiger partial charge on any atom is -0.493 e. The highest BCUT2D eigenvalue weighted by molar-refractivity contribution is 6.06. The van der Waals surface area contributed by atoms with Gasteiger partial charge >= 0.3 is 6.18 Å². The van der Waals surface area contributed by atoms with E-state index in [4.69, 9.17) is 9.47 Å². The highest BCUT2D eigenvalue weighted by Crippen LogP contribution is 2.39. The fraction of sp³-hybridized carbons (Fsp3) is 0.158. The van der Waals surface area contributed by atoms with Crippen molar-refractivity contribution in [1.29, 1.82) is 0 Å². The molecule has 0 spiro atoms. The van der Waals surface area contributed by atoms with Gasteiger partial charge in [-0.1, -0.05) is 30.3 Å². The molecular weight excluding hydrogens is 375 g/mol. The summed E-state index contributed by atoms with van der Waals surface area (Å²) in [6.45, 7) is 0. The Kier molecular flexibility index (Phi) is 5.25. The molecule has 28 heavy (non-hydrogen) atoms. The summed E-state index contributed by atoms with van der Waals surface area (Å²) in [7, 11) is 2.86. The number of hydrogen-bond acceptors (Lipinski definition) is 4. The van der Waals surface area contributed by atoms with Gasteiger partial charge in [0.05, 0.1) is 19.8 Å². The number of carbonyl (C=O) groups is 1. The molecule has 9 heteroatoms. The first-order valence-corrected chi connectivity index (χ1v) is 8.09. The summed E-state index contributed by atoms with van der Waals surface area (Å²) in [4.78, 5) is 12.6. The number of amides is 1. The lowest BCUT2D eigenvalue weighted by Crippen LogP contribution is -2.13. The standard InChI is InChI=1S/C19H16F3N3O3/c1-27-13-9-8-12(10-14(13)28-2)18(26)23-17-15(11-6-4-3-5-7-11)16(24-25-17)19(20,21)22/h3-10H,1-2H3,(H2,23,24,25,26). The second-order valence-electron chi connectivity index (χ2n) is 5.71. The average Bonchev–Trinajstić information content (AvgIpc) is 3.12. The number of nitrogens with zero attached hydrogens (tertiary/aromatic N) is 1. The van der Waals surface area contributed by atoms with Gasteiger partial charge in [-0.2, -0.15) is 18.3 Å². The van der Waals surface area contributed by atoms with Crippen molar-refractivity contribution in [3.8, 4) is 22.6 Å². The molecule has 2 aromatic carbocycles. The number of halogens is 3. The Bertz CT molecular complexity index is 985. The first-order valence-electron chi connectivity index (χ1n) is 8.09. The molecule has 1 heterocycles. The van der Waals surface area contributed by atoms with Gasteiger partial charge in [0.15, 0.2) is 17.3 Å². The number of nitrogens with one attached hydrogen (secondary N) is 2. The Morgan fingerprint density at radius 1 is 1.04 bits per heavy atom. The average molecular weight is 391 g/mol. The maximum absolute atomic E-state index is 13.4. The Hall–Kier alpha value is -3.49. The Balaban J connectivity index is 1.99. The van der Waals surface area contributed by atoms with Crippen LogP contribution in [0.5, 0.6) is 11.5 Å². The van der Waals surface area contributed by atoms with E-state index in [0.717, 1.165) is 0 Å². The van der Waals surface area contributed by atoms with Crippen molar-refractivity contribution < 1.29 is 27.4 Å². The van der Waals surface area contributed by atoms with Crippen molar-refractivity contribution in [3.63, 3.8) is 0 Å². The summed E-state index contributed by atoms with van der Waals surface area (Å²) in [5.41, 5.74) is -0.831. The van der Waals surface area contributed by atoms with E-state index in [1.165, 1.54) is 44.6 Å². The van der Waals surface area contributed by atoms with Gasteiger partial charge in [-0.3, -0.25) is 9.89 Å². The molecule has 1 amide bonds. The second kappa shape index (κ2) is 7.63. The molecule has 1 aromatic heterocycles. The predicted octanol–water partition coefficient (Wildman–Crippen LogP) is 4.37. The molecule has 3 aromatic rings. The summed E-state index contributed by atoms with van der Waals surface area (Å²) in [5, 5.41) is 8.07. The molecule has 0 radical (unpaired) electrons. The van der Waals surface area contributed by atoms with E-state index in [1.807, 2.05) is 5.10 Å². The number of H-pyrrole nitrogens is 1. The van der Waals surface area contributed by atoms with Crippen molar-refractivity contribution in [3.05, 3.63) is 59.8 Å². The molecule has 6 nitrogen and oxygen atoms in total. The fourth-order valence-corrected chi connectivity index (χ4v) is 2.68. The third-order valence-electron chi connectivity index (χ3n) is 3.99. The van der Waals surface area contributed by atoms with Gasteiger partial charge < -0.3 is 14.8 Å². The first-order chi connectivity index (χ1) is 13.3. The van der Waals surface area contributed by atoms with Crippen LogP contribution in [0.2, 0.25) is 0 Å². The quantitative estimate of drug-likeness (QED) is 0.677. The van der Waals surface area contributed by atoms with Crippen molar-refractivity contribution >= 4 is 11.7 Å².